The molecule has 0 saturated heterocycles. The molecule has 0 aliphatic heterocycles. The van der Waals surface area contributed by atoms with Gasteiger partial charge in [0.25, 0.3) is 0 Å². The molecule has 0 atom stereocenters. The lowest BCUT2D eigenvalue weighted by atomic mass is 8.94. The number of alkyl carbamates (subject to hydrolysis) is 1. The van der Waals surface area contributed by atoms with Crippen molar-refractivity contribution in [2.75, 3.05) is 0 Å². The fraction of sp³-hybridized carbons (Fsp3) is 0.857. The van der Waals surface area contributed by atoms with Crippen molar-refractivity contribution in [3.63, 3.8) is 0 Å². The molecule has 6 aliphatic rings. The second-order valence-corrected chi connectivity index (χ2v) is 7.83. The minimum absolute atomic E-state index is 0.0487. The van der Waals surface area contributed by atoms with Gasteiger partial charge in [0, 0.05) is 5.41 Å². The van der Waals surface area contributed by atoms with Crippen LogP contribution < -0.4 is 5.32 Å². The smallest absolute Gasteiger partial charge is 0.408 e. The molecule has 0 unspecified atom stereocenters. The Morgan fingerprint density at radius 2 is 1.61 bits per heavy atom. The van der Waals surface area contributed by atoms with Crippen LogP contribution in [0.3, 0.4) is 0 Å². The summed E-state index contributed by atoms with van der Waals surface area (Å²) in [6, 6.07) is 0. The summed E-state index contributed by atoms with van der Waals surface area (Å²) in [4.78, 5) is 23.1. The van der Waals surface area contributed by atoms with E-state index in [-0.39, 0.29) is 17.0 Å². The van der Waals surface area contributed by atoms with Crippen LogP contribution in [0.25, 0.3) is 0 Å². The first-order valence-electron chi connectivity index (χ1n) is 6.87. The molecule has 6 fully saturated rings. The molecule has 6 rings (SSSR count). The number of carbonyl (C=O) groups is 2. The van der Waals surface area contributed by atoms with E-state index in [4.69, 9.17) is 4.74 Å². The Hall–Kier alpha value is -1.06. The van der Waals surface area contributed by atoms with Crippen LogP contribution in [-0.4, -0.2) is 23.5 Å². The van der Waals surface area contributed by atoms with Gasteiger partial charge in [-0.2, -0.15) is 0 Å². The van der Waals surface area contributed by atoms with E-state index >= 15 is 0 Å². The number of ether oxygens (including phenoxy) is 1. The summed E-state index contributed by atoms with van der Waals surface area (Å²) in [5.41, 5.74) is -0.308. The molecule has 0 aromatic rings. The van der Waals surface area contributed by atoms with Gasteiger partial charge in [-0.25, -0.2) is 4.79 Å². The van der Waals surface area contributed by atoms with Crippen LogP contribution in [0, 0.1) is 40.9 Å². The van der Waals surface area contributed by atoms with E-state index in [0.717, 1.165) is 0 Å². The lowest BCUT2D eigenvalue weighted by Crippen LogP contribution is -3.15. The molecular weight excluding hydrogens is 230 g/mol. The lowest BCUT2D eigenvalue weighted by Gasteiger charge is -3.09. The molecule has 4 heteroatoms. The maximum absolute atomic E-state index is 11.9. The first-order valence-corrected chi connectivity index (χ1v) is 6.87. The Labute approximate surface area is 105 Å². The van der Waals surface area contributed by atoms with Crippen molar-refractivity contribution in [1.82, 2.24) is 5.32 Å². The van der Waals surface area contributed by atoms with Crippen LogP contribution >= 0.6 is 0 Å². The molecule has 6 aliphatic carbocycles. The van der Waals surface area contributed by atoms with Gasteiger partial charge in [0.2, 0.25) is 0 Å². The molecule has 1 amide bonds. The van der Waals surface area contributed by atoms with E-state index in [0.29, 0.717) is 35.5 Å². The molecule has 1 N–H and O–H groups in total. The monoisotopic (exact) mass is 247 g/mol. The summed E-state index contributed by atoms with van der Waals surface area (Å²) in [5, 5.41) is 3.13. The largest absolute Gasteiger partial charge is 0.444 e. The van der Waals surface area contributed by atoms with E-state index in [1.807, 2.05) is 20.8 Å². The van der Waals surface area contributed by atoms with Crippen molar-refractivity contribution >= 4 is 12.4 Å². The van der Waals surface area contributed by atoms with Crippen LogP contribution in [0.2, 0.25) is 0 Å². The Morgan fingerprint density at radius 3 is 2.00 bits per heavy atom. The van der Waals surface area contributed by atoms with Gasteiger partial charge < -0.3 is 14.8 Å². The second kappa shape index (κ2) is 2.12. The molecule has 0 radical (unpaired) electrons. The van der Waals surface area contributed by atoms with Gasteiger partial charge >= 0.3 is 6.09 Å². The number of aldehydes is 1. The fourth-order valence-corrected chi connectivity index (χ4v) is 6.58. The lowest BCUT2D eigenvalue weighted by molar-refractivity contribution is -0.604. The summed E-state index contributed by atoms with van der Waals surface area (Å²) in [5.74, 6) is 3.58. The van der Waals surface area contributed by atoms with Gasteiger partial charge in [-0.1, -0.05) is 0 Å². The normalized spacial score (nSPS) is 63.1. The number of rotatable bonds is 2. The van der Waals surface area contributed by atoms with Crippen molar-refractivity contribution in [1.29, 1.82) is 0 Å². The van der Waals surface area contributed by atoms with E-state index in [2.05, 4.69) is 5.32 Å². The zero-order valence-corrected chi connectivity index (χ0v) is 10.8. The highest BCUT2D eigenvalue weighted by Gasteiger charge is 3.10. The number of carbonyl (C=O) groups excluding carboxylic acids is 2. The molecule has 6 saturated carbocycles. The van der Waals surface area contributed by atoms with Crippen LogP contribution in [0.1, 0.15) is 20.8 Å². The molecule has 18 heavy (non-hydrogen) atoms. The predicted molar refractivity (Wildman–Crippen MR) is 61.5 cm³/mol. The Bertz CT molecular complexity index is 464. The second-order valence-electron chi connectivity index (χ2n) is 7.83. The van der Waals surface area contributed by atoms with Gasteiger partial charge in [0.1, 0.15) is 11.9 Å². The highest BCUT2D eigenvalue weighted by molar-refractivity contribution is 5.82. The summed E-state index contributed by atoms with van der Waals surface area (Å²) in [6.07, 6.45) is 0.936. The average Bonchev–Trinajstić information content (AvgIpc) is 2.27. The Morgan fingerprint density at radius 1 is 1.11 bits per heavy atom. The van der Waals surface area contributed by atoms with Gasteiger partial charge in [0.15, 0.2) is 0 Å². The predicted octanol–water partition coefficient (Wildman–Crippen LogP) is 1.20. The quantitative estimate of drug-likeness (QED) is 0.746. The molecule has 96 valence electrons. The maximum atomic E-state index is 11.9. The Balaban J connectivity index is 1.34. The van der Waals surface area contributed by atoms with Crippen LogP contribution in [0.5, 0.6) is 0 Å². The van der Waals surface area contributed by atoms with Gasteiger partial charge in [0.05, 0.1) is 5.54 Å². The van der Waals surface area contributed by atoms with E-state index in [1.54, 1.807) is 0 Å². The third-order valence-electron chi connectivity index (χ3n) is 6.63. The third kappa shape index (κ3) is 0.561. The fourth-order valence-electron chi connectivity index (χ4n) is 6.58. The minimum atomic E-state index is -0.438. The molecular formula is C14H17NO3. The van der Waals surface area contributed by atoms with E-state index < -0.39 is 5.60 Å². The first-order chi connectivity index (χ1) is 8.39. The number of hydrogen-bond acceptors (Lipinski definition) is 3. The standard InChI is InChI=1S/C14H17NO3/c1-12(2,3)18-11(17)15-14-8-5-9(14)7-10(14)6(8)13(5,7)4-16/h4-10H,1-3H3,(H,15,17). The number of hydrogen-bond donors (Lipinski definition) is 1. The van der Waals surface area contributed by atoms with Crippen molar-refractivity contribution in [3.8, 4) is 0 Å². The van der Waals surface area contributed by atoms with Crippen molar-refractivity contribution in [3.05, 3.63) is 0 Å². The van der Waals surface area contributed by atoms with Crippen molar-refractivity contribution in [2.24, 2.45) is 40.9 Å². The van der Waals surface area contributed by atoms with Crippen LogP contribution in [0.4, 0.5) is 4.79 Å². The van der Waals surface area contributed by atoms with Crippen molar-refractivity contribution in [2.45, 2.75) is 31.9 Å². The van der Waals surface area contributed by atoms with E-state index in [9.17, 15) is 9.59 Å². The zero-order valence-electron chi connectivity index (χ0n) is 10.8. The number of nitrogens with one attached hydrogen (secondary N) is 1. The number of amides is 1. The molecule has 0 heterocycles. The highest BCUT2D eigenvalue weighted by Crippen LogP contribution is 3.06. The summed E-state index contributed by atoms with van der Waals surface area (Å²) >= 11 is 0. The first kappa shape index (κ1) is 9.82. The average molecular weight is 247 g/mol. The SMILES string of the molecule is CC(C)(C)OC(=O)NC12C3C4C1C1C2C3C41C=O. The van der Waals surface area contributed by atoms with E-state index in [1.165, 1.54) is 6.29 Å². The minimum Gasteiger partial charge on any atom is -0.444 e. The zero-order chi connectivity index (χ0) is 12.7. The maximum Gasteiger partial charge on any atom is 0.408 e. The van der Waals surface area contributed by atoms with Gasteiger partial charge in [-0.3, -0.25) is 0 Å². The summed E-state index contributed by atoms with van der Waals surface area (Å²) in [6.45, 7) is 5.65. The van der Waals surface area contributed by atoms with Gasteiger partial charge in [-0.15, -0.1) is 0 Å². The molecule has 0 aromatic carbocycles. The Kier molecular flexibility index (Phi) is 1.16. The van der Waals surface area contributed by atoms with Crippen LogP contribution in [-0.2, 0) is 9.53 Å². The summed E-state index contributed by atoms with van der Waals surface area (Å²) in [7, 11) is 0. The summed E-state index contributed by atoms with van der Waals surface area (Å²) < 4.78 is 5.35. The van der Waals surface area contributed by atoms with Gasteiger partial charge in [-0.05, 0) is 56.3 Å². The molecule has 0 aromatic heterocycles. The molecule has 0 bridgehead atoms. The topological polar surface area (TPSA) is 55.4 Å². The highest BCUT2D eigenvalue weighted by atomic mass is 16.6. The third-order valence-corrected chi connectivity index (χ3v) is 6.63. The molecule has 4 nitrogen and oxygen atoms in total. The van der Waals surface area contributed by atoms with Crippen molar-refractivity contribution < 1.29 is 14.3 Å². The van der Waals surface area contributed by atoms with Crippen LogP contribution in [0.15, 0.2) is 0 Å². The molecule has 0 spiro atoms.